The van der Waals surface area contributed by atoms with Gasteiger partial charge in [0, 0.05) is 39.2 Å². The van der Waals surface area contributed by atoms with Gasteiger partial charge in [-0.05, 0) is 62.9 Å². The Morgan fingerprint density at radius 2 is 1.96 bits per heavy atom. The van der Waals surface area contributed by atoms with Gasteiger partial charge >= 0.3 is 0 Å². The van der Waals surface area contributed by atoms with Gasteiger partial charge in [-0.1, -0.05) is 27.7 Å². The number of rotatable bonds is 7. The summed E-state index contributed by atoms with van der Waals surface area (Å²) in [4.78, 5) is 7.04. The summed E-state index contributed by atoms with van der Waals surface area (Å²) < 4.78 is 6.09. The maximum atomic E-state index is 6.09. The average molecular weight is 381 g/mol. The molecule has 2 fully saturated rings. The van der Waals surface area contributed by atoms with Gasteiger partial charge in [0.15, 0.2) is 5.96 Å². The van der Waals surface area contributed by atoms with Crippen molar-refractivity contribution in [2.45, 2.75) is 72.3 Å². The molecule has 2 rings (SSSR count). The Bertz CT molecular complexity index is 446. The number of unbranched alkanes of at least 4 members (excludes halogenated alkanes) is 1. The number of nitrogens with zero attached hydrogens (tertiary/aromatic N) is 2. The molecule has 2 aliphatic rings. The molecule has 5 heteroatoms. The van der Waals surface area contributed by atoms with E-state index in [2.05, 4.69) is 48.2 Å². The minimum absolute atomic E-state index is 0.190. The molecule has 0 spiro atoms. The second-order valence-corrected chi connectivity index (χ2v) is 9.69. The predicted octanol–water partition coefficient (Wildman–Crippen LogP) is 3.50. The van der Waals surface area contributed by atoms with Crippen LogP contribution in [0, 0.1) is 17.3 Å². The quantitative estimate of drug-likeness (QED) is 0.403. The van der Waals surface area contributed by atoms with Crippen molar-refractivity contribution in [1.29, 1.82) is 0 Å². The van der Waals surface area contributed by atoms with Crippen LogP contribution in [0.2, 0.25) is 0 Å². The fraction of sp³-hybridized carbons (Fsp3) is 0.955. The third-order valence-corrected chi connectivity index (χ3v) is 5.99. The second kappa shape index (κ2) is 11.3. The third kappa shape index (κ3) is 7.98. The first-order valence-corrected chi connectivity index (χ1v) is 11.2. The second-order valence-electron chi connectivity index (χ2n) is 9.69. The summed E-state index contributed by atoms with van der Waals surface area (Å²) in [7, 11) is 1.86. The topological polar surface area (TPSA) is 48.9 Å². The van der Waals surface area contributed by atoms with Crippen LogP contribution < -0.4 is 10.6 Å². The van der Waals surface area contributed by atoms with Crippen LogP contribution >= 0.6 is 0 Å². The minimum Gasteiger partial charge on any atom is -0.377 e. The first kappa shape index (κ1) is 22.5. The Labute approximate surface area is 167 Å². The highest BCUT2D eigenvalue weighted by Gasteiger charge is 2.35. The van der Waals surface area contributed by atoms with E-state index in [1.807, 2.05) is 7.05 Å². The SMILES string of the molecule is CN=C(NCCCCN1CCCC(C)C1)NCC1CCCOC1C(C)(C)C. The molecule has 0 radical (unpaired) electrons. The molecule has 27 heavy (non-hydrogen) atoms. The van der Waals surface area contributed by atoms with E-state index in [-0.39, 0.29) is 5.41 Å². The Morgan fingerprint density at radius 1 is 1.15 bits per heavy atom. The molecule has 5 nitrogen and oxygen atoms in total. The maximum Gasteiger partial charge on any atom is 0.190 e. The Morgan fingerprint density at radius 3 is 2.67 bits per heavy atom. The Hall–Kier alpha value is -0.810. The van der Waals surface area contributed by atoms with Gasteiger partial charge in [-0.2, -0.15) is 0 Å². The molecule has 0 aromatic carbocycles. The summed E-state index contributed by atoms with van der Waals surface area (Å²) in [6, 6.07) is 0. The van der Waals surface area contributed by atoms with Crippen molar-refractivity contribution in [3.8, 4) is 0 Å². The standard InChI is InChI=1S/C22H44N4O/c1-18-10-8-14-26(17-18)13-7-6-12-24-21(23-5)25-16-19-11-9-15-27-20(19)22(2,3)4/h18-20H,6-17H2,1-5H3,(H2,23,24,25). The van der Waals surface area contributed by atoms with Crippen molar-refractivity contribution < 1.29 is 4.74 Å². The normalized spacial score (nSPS) is 28.2. The zero-order valence-electron chi connectivity index (χ0n) is 18.5. The smallest absolute Gasteiger partial charge is 0.190 e. The molecule has 0 aromatic rings. The van der Waals surface area contributed by atoms with Crippen molar-refractivity contribution in [3.63, 3.8) is 0 Å². The molecule has 0 saturated carbocycles. The summed E-state index contributed by atoms with van der Waals surface area (Å²) in [6.45, 7) is 15.9. The molecule has 158 valence electrons. The molecule has 0 aromatic heterocycles. The van der Waals surface area contributed by atoms with Gasteiger partial charge in [0.25, 0.3) is 0 Å². The molecule has 0 bridgehead atoms. The molecule has 0 amide bonds. The van der Waals surface area contributed by atoms with E-state index >= 15 is 0 Å². The highest BCUT2D eigenvalue weighted by atomic mass is 16.5. The molecule has 2 saturated heterocycles. The molecule has 2 N–H and O–H groups in total. The summed E-state index contributed by atoms with van der Waals surface area (Å²) in [5.74, 6) is 2.36. The number of hydrogen-bond acceptors (Lipinski definition) is 3. The zero-order chi connectivity index (χ0) is 19.7. The number of ether oxygens (including phenoxy) is 1. The highest BCUT2D eigenvalue weighted by molar-refractivity contribution is 5.79. The van der Waals surface area contributed by atoms with Gasteiger partial charge in [0.2, 0.25) is 0 Å². The molecular formula is C22H44N4O. The van der Waals surface area contributed by atoms with E-state index in [0.29, 0.717) is 12.0 Å². The highest BCUT2D eigenvalue weighted by Crippen LogP contribution is 2.33. The lowest BCUT2D eigenvalue weighted by atomic mass is 9.78. The van der Waals surface area contributed by atoms with Gasteiger partial charge in [-0.3, -0.25) is 4.99 Å². The van der Waals surface area contributed by atoms with Crippen LogP contribution in [-0.2, 0) is 4.74 Å². The number of guanidine groups is 1. The van der Waals surface area contributed by atoms with Crippen LogP contribution in [0.1, 0.15) is 66.2 Å². The third-order valence-electron chi connectivity index (χ3n) is 5.99. The van der Waals surface area contributed by atoms with Gasteiger partial charge in [0.05, 0.1) is 6.10 Å². The van der Waals surface area contributed by atoms with Crippen LogP contribution in [0.4, 0.5) is 0 Å². The summed E-state index contributed by atoms with van der Waals surface area (Å²) >= 11 is 0. The van der Waals surface area contributed by atoms with Gasteiger partial charge < -0.3 is 20.3 Å². The Balaban J connectivity index is 1.62. The fourth-order valence-electron chi connectivity index (χ4n) is 4.61. The van der Waals surface area contributed by atoms with Crippen molar-refractivity contribution in [2.75, 3.05) is 46.4 Å². The summed E-state index contributed by atoms with van der Waals surface area (Å²) in [5, 5.41) is 7.02. The number of hydrogen-bond donors (Lipinski definition) is 2. The average Bonchev–Trinajstić information content (AvgIpc) is 2.63. The molecule has 2 aliphatic heterocycles. The first-order chi connectivity index (χ1) is 12.9. The largest absolute Gasteiger partial charge is 0.377 e. The van der Waals surface area contributed by atoms with Crippen LogP contribution in [0.5, 0.6) is 0 Å². The summed E-state index contributed by atoms with van der Waals surface area (Å²) in [5.41, 5.74) is 0.190. The van der Waals surface area contributed by atoms with Crippen LogP contribution in [0.15, 0.2) is 4.99 Å². The number of piperidine rings is 1. The lowest BCUT2D eigenvalue weighted by Crippen LogP contribution is -2.47. The summed E-state index contributed by atoms with van der Waals surface area (Å²) in [6.07, 6.45) is 7.96. The maximum absolute atomic E-state index is 6.09. The lowest BCUT2D eigenvalue weighted by Gasteiger charge is -2.40. The molecule has 3 unspecified atom stereocenters. The van der Waals surface area contributed by atoms with Crippen LogP contribution in [-0.4, -0.2) is 63.3 Å². The lowest BCUT2D eigenvalue weighted by molar-refractivity contribution is -0.0835. The number of likely N-dealkylation sites (tertiary alicyclic amines) is 1. The van der Waals surface area contributed by atoms with Crippen molar-refractivity contribution in [1.82, 2.24) is 15.5 Å². The Kier molecular flexibility index (Phi) is 9.37. The van der Waals surface area contributed by atoms with Gasteiger partial charge in [-0.25, -0.2) is 0 Å². The van der Waals surface area contributed by atoms with E-state index in [0.717, 1.165) is 31.6 Å². The van der Waals surface area contributed by atoms with E-state index in [1.54, 1.807) is 0 Å². The van der Waals surface area contributed by atoms with E-state index in [1.165, 1.54) is 58.2 Å². The van der Waals surface area contributed by atoms with Crippen LogP contribution in [0.3, 0.4) is 0 Å². The fourth-order valence-corrected chi connectivity index (χ4v) is 4.61. The molecular weight excluding hydrogens is 336 g/mol. The number of nitrogens with one attached hydrogen (secondary N) is 2. The van der Waals surface area contributed by atoms with E-state index < -0.39 is 0 Å². The predicted molar refractivity (Wildman–Crippen MR) is 115 cm³/mol. The zero-order valence-corrected chi connectivity index (χ0v) is 18.5. The minimum atomic E-state index is 0.190. The van der Waals surface area contributed by atoms with Crippen molar-refractivity contribution in [2.24, 2.45) is 22.2 Å². The monoisotopic (exact) mass is 380 g/mol. The van der Waals surface area contributed by atoms with E-state index in [4.69, 9.17) is 4.74 Å². The van der Waals surface area contributed by atoms with Crippen LogP contribution in [0.25, 0.3) is 0 Å². The molecule has 0 aliphatic carbocycles. The van der Waals surface area contributed by atoms with Gasteiger partial charge in [0.1, 0.15) is 0 Å². The first-order valence-electron chi connectivity index (χ1n) is 11.2. The number of aliphatic imine (C=N–C) groups is 1. The molecule has 2 heterocycles. The van der Waals surface area contributed by atoms with Crippen molar-refractivity contribution >= 4 is 5.96 Å². The molecule has 3 atom stereocenters. The van der Waals surface area contributed by atoms with E-state index in [9.17, 15) is 0 Å². The van der Waals surface area contributed by atoms with Gasteiger partial charge in [-0.15, -0.1) is 0 Å². The van der Waals surface area contributed by atoms with Crippen molar-refractivity contribution in [3.05, 3.63) is 0 Å².